The summed E-state index contributed by atoms with van der Waals surface area (Å²) in [5, 5.41) is 0.436. The predicted octanol–water partition coefficient (Wildman–Crippen LogP) is 2.21. The minimum Gasteiger partial charge on any atom is -0.287 e. The average Bonchev–Trinajstić information content (AvgIpc) is 2.86. The van der Waals surface area contributed by atoms with Gasteiger partial charge < -0.3 is 0 Å². The number of carbonyl (C=O) groups excluding carboxylic acids is 3. The number of hydrazine groups is 1. The second-order valence-electron chi connectivity index (χ2n) is 5.77. The van der Waals surface area contributed by atoms with Crippen LogP contribution in [0.5, 0.6) is 0 Å². The quantitative estimate of drug-likeness (QED) is 0.649. The maximum atomic E-state index is 12.5. The van der Waals surface area contributed by atoms with Crippen LogP contribution in [0.3, 0.4) is 0 Å². The predicted molar refractivity (Wildman–Crippen MR) is 94.1 cm³/mol. The van der Waals surface area contributed by atoms with Gasteiger partial charge in [0.2, 0.25) is 5.91 Å². The van der Waals surface area contributed by atoms with Gasteiger partial charge in [-0.2, -0.15) is 0 Å². The molecule has 0 aromatic heterocycles. The molecule has 3 amide bonds. The van der Waals surface area contributed by atoms with Gasteiger partial charge in [0.15, 0.2) is 0 Å². The van der Waals surface area contributed by atoms with Gasteiger partial charge in [0.05, 0.1) is 12.1 Å². The first-order valence-corrected chi connectivity index (χ1v) is 8.08. The van der Waals surface area contributed by atoms with Crippen LogP contribution >= 0.6 is 11.6 Å². The van der Waals surface area contributed by atoms with Crippen LogP contribution in [0.4, 0.5) is 5.69 Å². The van der Waals surface area contributed by atoms with E-state index in [1.54, 1.807) is 36.4 Å². The van der Waals surface area contributed by atoms with Gasteiger partial charge in [0, 0.05) is 10.6 Å². The van der Waals surface area contributed by atoms with E-state index in [1.165, 1.54) is 6.07 Å². The van der Waals surface area contributed by atoms with Crippen molar-refractivity contribution < 1.29 is 14.4 Å². The van der Waals surface area contributed by atoms with Crippen LogP contribution in [-0.2, 0) is 9.59 Å². The van der Waals surface area contributed by atoms with E-state index in [0.717, 1.165) is 10.5 Å². The lowest BCUT2D eigenvalue weighted by molar-refractivity contribution is -0.121. The molecule has 7 heteroatoms. The van der Waals surface area contributed by atoms with Crippen LogP contribution in [0.15, 0.2) is 48.5 Å². The molecular weight excluding hydrogens is 342 g/mol. The van der Waals surface area contributed by atoms with Crippen molar-refractivity contribution in [3.8, 4) is 0 Å². The highest BCUT2D eigenvalue weighted by molar-refractivity contribution is 6.31. The zero-order valence-electron chi connectivity index (χ0n) is 13.5. The summed E-state index contributed by atoms with van der Waals surface area (Å²) in [5.41, 5.74) is 6.92. The van der Waals surface area contributed by atoms with Gasteiger partial charge in [-0.1, -0.05) is 29.8 Å². The number of hydrogen-bond donors (Lipinski definition) is 2. The number of benzene rings is 2. The third-order valence-electron chi connectivity index (χ3n) is 3.85. The highest BCUT2D eigenvalue weighted by atomic mass is 35.5. The summed E-state index contributed by atoms with van der Waals surface area (Å²) in [6, 6.07) is 12.8. The maximum absolute atomic E-state index is 12.5. The summed E-state index contributed by atoms with van der Waals surface area (Å²) in [6.07, 6.45) is -0.0252. The summed E-state index contributed by atoms with van der Waals surface area (Å²) in [4.78, 5) is 37.9. The van der Waals surface area contributed by atoms with Crippen molar-refractivity contribution in [1.82, 2.24) is 10.9 Å². The van der Waals surface area contributed by atoms with E-state index in [2.05, 4.69) is 10.9 Å². The lowest BCUT2D eigenvalue weighted by Gasteiger charge is -2.16. The molecule has 1 saturated heterocycles. The Morgan fingerprint density at radius 1 is 1.16 bits per heavy atom. The standard InChI is InChI=1S/C18H16ClN3O3/c1-11-4-2-7-14(8-11)22-16(23)10-15(18(22)25)20-21-17(24)12-5-3-6-13(19)9-12/h2-9,15,20H,10H2,1H3,(H,21,24). The molecule has 0 bridgehead atoms. The molecule has 0 spiro atoms. The molecule has 1 unspecified atom stereocenters. The summed E-state index contributed by atoms with van der Waals surface area (Å²) in [7, 11) is 0. The lowest BCUT2D eigenvalue weighted by atomic mass is 10.2. The van der Waals surface area contributed by atoms with Gasteiger partial charge in [-0.15, -0.1) is 0 Å². The molecular formula is C18H16ClN3O3. The molecule has 0 aliphatic carbocycles. The molecule has 2 aromatic carbocycles. The minimum atomic E-state index is -0.809. The number of carbonyl (C=O) groups is 3. The minimum absolute atomic E-state index is 0.0252. The summed E-state index contributed by atoms with van der Waals surface area (Å²) < 4.78 is 0. The van der Waals surface area contributed by atoms with Crippen molar-refractivity contribution in [2.75, 3.05) is 4.90 Å². The Kier molecular flexibility index (Phi) is 4.83. The van der Waals surface area contributed by atoms with E-state index in [0.29, 0.717) is 16.3 Å². The normalized spacial score (nSPS) is 17.0. The smallest absolute Gasteiger partial charge is 0.265 e. The molecule has 1 fully saturated rings. The van der Waals surface area contributed by atoms with E-state index in [9.17, 15) is 14.4 Å². The third-order valence-corrected chi connectivity index (χ3v) is 4.09. The van der Waals surface area contributed by atoms with E-state index < -0.39 is 17.9 Å². The third kappa shape index (κ3) is 3.70. The Morgan fingerprint density at radius 2 is 1.92 bits per heavy atom. The first kappa shape index (κ1) is 17.1. The van der Waals surface area contributed by atoms with Gasteiger partial charge in [0.1, 0.15) is 6.04 Å². The number of nitrogens with one attached hydrogen (secondary N) is 2. The fourth-order valence-corrected chi connectivity index (χ4v) is 2.83. The van der Waals surface area contributed by atoms with Gasteiger partial charge in [-0.25, -0.2) is 10.3 Å². The van der Waals surface area contributed by atoms with Crippen molar-refractivity contribution in [2.24, 2.45) is 0 Å². The molecule has 2 aromatic rings. The van der Waals surface area contributed by atoms with Crippen LogP contribution in [0.25, 0.3) is 0 Å². The molecule has 1 heterocycles. The van der Waals surface area contributed by atoms with Crippen molar-refractivity contribution in [3.05, 3.63) is 64.7 Å². The number of halogens is 1. The van der Waals surface area contributed by atoms with Crippen LogP contribution in [0.2, 0.25) is 5.02 Å². The molecule has 3 rings (SSSR count). The number of amides is 3. The monoisotopic (exact) mass is 357 g/mol. The molecule has 128 valence electrons. The first-order valence-electron chi connectivity index (χ1n) is 7.70. The Morgan fingerprint density at radius 3 is 2.64 bits per heavy atom. The van der Waals surface area contributed by atoms with E-state index in [-0.39, 0.29) is 12.3 Å². The average molecular weight is 358 g/mol. The summed E-state index contributed by atoms with van der Waals surface area (Å²) >= 11 is 5.85. The first-order chi connectivity index (χ1) is 12.0. The SMILES string of the molecule is Cc1cccc(N2C(=O)CC(NNC(=O)c3cccc(Cl)c3)C2=O)c1. The molecule has 6 nitrogen and oxygen atoms in total. The molecule has 1 aliphatic heterocycles. The number of imide groups is 1. The van der Waals surface area contributed by atoms with Gasteiger partial charge >= 0.3 is 0 Å². The second-order valence-corrected chi connectivity index (χ2v) is 6.21. The highest BCUT2D eigenvalue weighted by Gasteiger charge is 2.39. The Balaban J connectivity index is 1.67. The van der Waals surface area contributed by atoms with Crippen LogP contribution in [-0.4, -0.2) is 23.8 Å². The largest absolute Gasteiger partial charge is 0.287 e. The molecule has 1 aliphatic rings. The number of anilines is 1. The van der Waals surface area contributed by atoms with Gasteiger partial charge in [-0.05, 0) is 42.8 Å². The molecule has 25 heavy (non-hydrogen) atoms. The zero-order valence-corrected chi connectivity index (χ0v) is 14.2. The van der Waals surface area contributed by atoms with E-state index >= 15 is 0 Å². The number of aryl methyl sites for hydroxylation is 1. The number of rotatable bonds is 4. The molecule has 0 radical (unpaired) electrons. The fraction of sp³-hybridized carbons (Fsp3) is 0.167. The zero-order chi connectivity index (χ0) is 18.0. The Bertz CT molecular complexity index is 853. The van der Waals surface area contributed by atoms with Crippen LogP contribution < -0.4 is 15.8 Å². The number of hydrogen-bond acceptors (Lipinski definition) is 4. The topological polar surface area (TPSA) is 78.5 Å². The van der Waals surface area contributed by atoms with Gasteiger partial charge in [-0.3, -0.25) is 19.8 Å². The summed E-state index contributed by atoms with van der Waals surface area (Å²) in [6.45, 7) is 1.88. The van der Waals surface area contributed by atoms with Crippen molar-refractivity contribution in [2.45, 2.75) is 19.4 Å². The summed E-state index contributed by atoms with van der Waals surface area (Å²) in [5.74, 6) is -1.15. The van der Waals surface area contributed by atoms with Gasteiger partial charge in [0.25, 0.3) is 11.8 Å². The molecule has 2 N–H and O–H groups in total. The fourth-order valence-electron chi connectivity index (χ4n) is 2.64. The highest BCUT2D eigenvalue weighted by Crippen LogP contribution is 2.23. The Hall–Kier alpha value is -2.70. The van der Waals surface area contributed by atoms with Crippen LogP contribution in [0.1, 0.15) is 22.3 Å². The van der Waals surface area contributed by atoms with E-state index in [1.807, 2.05) is 13.0 Å². The second kappa shape index (κ2) is 7.04. The van der Waals surface area contributed by atoms with E-state index in [4.69, 9.17) is 11.6 Å². The lowest BCUT2D eigenvalue weighted by Crippen LogP contribution is -2.48. The molecule has 0 saturated carbocycles. The maximum Gasteiger partial charge on any atom is 0.265 e. The van der Waals surface area contributed by atoms with Crippen LogP contribution in [0, 0.1) is 6.92 Å². The van der Waals surface area contributed by atoms with Crippen molar-refractivity contribution >= 4 is 35.0 Å². The Labute approximate surface area is 149 Å². The number of nitrogens with zero attached hydrogens (tertiary/aromatic N) is 1. The molecule has 1 atom stereocenters. The van der Waals surface area contributed by atoms with Crippen molar-refractivity contribution in [3.63, 3.8) is 0 Å². The van der Waals surface area contributed by atoms with Crippen molar-refractivity contribution in [1.29, 1.82) is 0 Å².